The number of ketones is 1. The molecule has 0 saturated carbocycles. The maximum Gasteiger partial charge on any atom is 0.416 e. The molecule has 0 aliphatic carbocycles. The number of aromatic amines is 1. The van der Waals surface area contributed by atoms with Gasteiger partial charge >= 0.3 is 12.1 Å². The topological polar surface area (TPSA) is 115 Å². The minimum absolute atomic E-state index is 0.0391. The Labute approximate surface area is 308 Å². The number of carbonyl (C=O) groups excluding carboxylic acids is 1. The lowest BCUT2D eigenvalue weighted by atomic mass is 9.91. The third kappa shape index (κ3) is 8.27. The van der Waals surface area contributed by atoms with E-state index in [0.717, 1.165) is 18.2 Å². The lowest BCUT2D eigenvalue weighted by Crippen LogP contribution is -2.55. The first-order valence-electron chi connectivity index (χ1n) is 17.6. The van der Waals surface area contributed by atoms with E-state index in [-0.39, 0.29) is 53.2 Å². The van der Waals surface area contributed by atoms with Crippen molar-refractivity contribution in [1.82, 2.24) is 20.2 Å². The molecule has 1 aliphatic heterocycles. The number of likely N-dealkylation sites (tertiary alicyclic amines) is 1. The number of carboxylic acids is 1. The molecular weight excluding hydrogens is 707 g/mol. The number of nitrogens with one attached hydrogen (secondary N) is 2. The molecule has 13 heteroatoms. The molecule has 5 aromatic rings. The number of aromatic nitrogens is 2. The Morgan fingerprint density at radius 1 is 0.926 bits per heavy atom. The summed E-state index contributed by atoms with van der Waals surface area (Å²) in [6.07, 6.45) is -2.08. The number of hydrogen-bond donors (Lipinski definition) is 3. The van der Waals surface area contributed by atoms with Gasteiger partial charge in [-0.25, -0.2) is 13.8 Å². The summed E-state index contributed by atoms with van der Waals surface area (Å²) >= 11 is 0. The van der Waals surface area contributed by atoms with Crippen molar-refractivity contribution in [3.8, 4) is 11.1 Å². The first-order chi connectivity index (χ1) is 25.6. The summed E-state index contributed by atoms with van der Waals surface area (Å²) in [5.74, 6) is -3.27. The molecule has 1 fully saturated rings. The number of hydrogen-bond acceptors (Lipinski definition) is 6. The van der Waals surface area contributed by atoms with Gasteiger partial charge in [0.25, 0.3) is 0 Å². The molecule has 1 aliphatic rings. The molecule has 0 spiro atoms. The molecule has 54 heavy (non-hydrogen) atoms. The SMILES string of the molecule is CC(C)(C(=O)O)N1CCC(NC(C(=O)Cc2c(CCc3cccc(F)c3F)[nH]c3ncccc3c2=O)c2ccc(-c3ccc(C(F)(F)F)cc3)cc2)CC1. The van der Waals surface area contributed by atoms with E-state index in [1.165, 1.54) is 30.5 Å². The van der Waals surface area contributed by atoms with Crippen LogP contribution in [0.1, 0.15) is 60.7 Å². The average molecular weight is 747 g/mol. The molecule has 0 amide bonds. The van der Waals surface area contributed by atoms with E-state index in [9.17, 15) is 41.4 Å². The highest BCUT2D eigenvalue weighted by Crippen LogP contribution is 2.32. The van der Waals surface area contributed by atoms with Gasteiger partial charge in [0.1, 0.15) is 11.2 Å². The van der Waals surface area contributed by atoms with Gasteiger partial charge < -0.3 is 15.4 Å². The standard InChI is InChI=1S/C41H39F5N4O4/c1-40(2,39(53)54)50-21-18-29(19-22-50)48-36(27-10-8-24(9-11-27)25-12-15-28(16-13-25)41(44,45)46)34(51)23-31-33(17-14-26-5-3-7-32(42)35(26)43)49-38-30(37(31)52)6-4-20-47-38/h3-13,15-16,20,29,36,48H,14,17-19,21-23H2,1-2H3,(H,53,54)(H,47,49,52). The van der Waals surface area contributed by atoms with Crippen LogP contribution in [0.5, 0.6) is 0 Å². The van der Waals surface area contributed by atoms with Gasteiger partial charge in [0.05, 0.1) is 17.0 Å². The summed E-state index contributed by atoms with van der Waals surface area (Å²) in [5.41, 5.74) is 0.417. The van der Waals surface area contributed by atoms with E-state index >= 15 is 0 Å². The van der Waals surface area contributed by atoms with E-state index in [4.69, 9.17) is 0 Å². The largest absolute Gasteiger partial charge is 0.480 e. The Balaban J connectivity index is 1.31. The van der Waals surface area contributed by atoms with Crippen molar-refractivity contribution in [3.63, 3.8) is 0 Å². The van der Waals surface area contributed by atoms with Gasteiger partial charge in [-0.15, -0.1) is 0 Å². The van der Waals surface area contributed by atoms with Gasteiger partial charge in [0.15, 0.2) is 22.8 Å². The van der Waals surface area contributed by atoms with Crippen LogP contribution in [0.25, 0.3) is 22.2 Å². The fraction of sp³-hybridized carbons (Fsp3) is 0.317. The number of alkyl halides is 3. The molecule has 3 heterocycles. The van der Waals surface area contributed by atoms with Crippen LogP contribution in [-0.2, 0) is 35.0 Å². The number of rotatable bonds is 12. The Morgan fingerprint density at radius 3 is 2.20 bits per heavy atom. The Hall–Kier alpha value is -5.27. The number of nitrogens with zero attached hydrogens (tertiary/aromatic N) is 2. The van der Waals surface area contributed by atoms with Crippen LogP contribution >= 0.6 is 0 Å². The number of pyridine rings is 2. The molecule has 6 rings (SSSR count). The molecule has 282 valence electrons. The van der Waals surface area contributed by atoms with Crippen molar-refractivity contribution in [2.24, 2.45) is 0 Å². The number of aliphatic carboxylic acids is 1. The number of H-pyrrole nitrogens is 1. The molecule has 1 saturated heterocycles. The number of aryl methyl sites for hydroxylation is 2. The highest BCUT2D eigenvalue weighted by atomic mass is 19.4. The van der Waals surface area contributed by atoms with Crippen molar-refractivity contribution in [3.05, 3.63) is 135 Å². The minimum Gasteiger partial charge on any atom is -0.480 e. The summed E-state index contributed by atoms with van der Waals surface area (Å²) in [7, 11) is 0. The Kier molecular flexibility index (Phi) is 11.1. The van der Waals surface area contributed by atoms with Crippen molar-refractivity contribution in [2.75, 3.05) is 13.1 Å². The quantitative estimate of drug-likeness (QED) is 0.114. The van der Waals surface area contributed by atoms with Crippen LogP contribution in [0.15, 0.2) is 89.9 Å². The van der Waals surface area contributed by atoms with Gasteiger partial charge in [0, 0.05) is 43.0 Å². The van der Waals surface area contributed by atoms with Gasteiger partial charge in [-0.1, -0.05) is 48.5 Å². The first kappa shape index (κ1) is 38.5. The zero-order valence-corrected chi connectivity index (χ0v) is 29.6. The molecule has 1 unspecified atom stereocenters. The molecule has 3 aromatic carbocycles. The second kappa shape index (κ2) is 15.6. The summed E-state index contributed by atoms with van der Waals surface area (Å²) in [6, 6.07) is 17.6. The summed E-state index contributed by atoms with van der Waals surface area (Å²) in [5, 5.41) is 13.5. The predicted molar refractivity (Wildman–Crippen MR) is 194 cm³/mol. The highest BCUT2D eigenvalue weighted by molar-refractivity contribution is 5.89. The number of carbonyl (C=O) groups is 2. The van der Waals surface area contributed by atoms with Gasteiger partial charge in [-0.2, -0.15) is 13.2 Å². The number of piperidine rings is 1. The monoisotopic (exact) mass is 746 g/mol. The van der Waals surface area contributed by atoms with Crippen LogP contribution in [0.4, 0.5) is 22.0 Å². The third-order valence-corrected chi connectivity index (χ3v) is 10.3. The van der Waals surface area contributed by atoms with Crippen molar-refractivity contribution >= 4 is 22.8 Å². The van der Waals surface area contributed by atoms with Gasteiger partial charge in [-0.05, 0) is 92.1 Å². The molecule has 2 aromatic heterocycles. The van der Waals surface area contributed by atoms with Crippen molar-refractivity contribution < 1.29 is 36.6 Å². The lowest BCUT2D eigenvalue weighted by molar-refractivity contribution is -0.150. The highest BCUT2D eigenvalue weighted by Gasteiger charge is 2.38. The van der Waals surface area contributed by atoms with E-state index in [2.05, 4.69) is 15.3 Å². The van der Waals surface area contributed by atoms with Crippen LogP contribution in [0.2, 0.25) is 0 Å². The Morgan fingerprint density at radius 2 is 1.57 bits per heavy atom. The van der Waals surface area contributed by atoms with Crippen LogP contribution in [-0.4, -0.2) is 56.4 Å². The van der Waals surface area contributed by atoms with E-state index in [1.54, 1.807) is 50.2 Å². The summed E-state index contributed by atoms with van der Waals surface area (Å²) in [6.45, 7) is 4.21. The molecule has 3 N–H and O–H groups in total. The molecule has 0 bridgehead atoms. The zero-order valence-electron chi connectivity index (χ0n) is 29.6. The molecule has 1 atom stereocenters. The summed E-state index contributed by atoms with van der Waals surface area (Å²) < 4.78 is 68.1. The fourth-order valence-corrected chi connectivity index (χ4v) is 6.95. The summed E-state index contributed by atoms with van der Waals surface area (Å²) in [4.78, 5) is 49.6. The fourth-order valence-electron chi connectivity index (χ4n) is 6.95. The normalized spacial score (nSPS) is 15.0. The smallest absolute Gasteiger partial charge is 0.416 e. The number of halogens is 5. The van der Waals surface area contributed by atoms with Gasteiger partial charge in [0.2, 0.25) is 0 Å². The van der Waals surface area contributed by atoms with E-state index in [0.29, 0.717) is 48.3 Å². The second-order valence-corrected chi connectivity index (χ2v) is 14.1. The van der Waals surface area contributed by atoms with E-state index in [1.807, 2.05) is 4.90 Å². The first-order valence-corrected chi connectivity index (χ1v) is 17.6. The van der Waals surface area contributed by atoms with Crippen LogP contribution < -0.4 is 10.7 Å². The molecule has 0 radical (unpaired) electrons. The molecule has 8 nitrogen and oxygen atoms in total. The van der Waals surface area contributed by atoms with Crippen molar-refractivity contribution in [2.45, 2.75) is 69.8 Å². The average Bonchev–Trinajstić information content (AvgIpc) is 3.15. The number of Topliss-reactive ketones (excluding diaryl/α,β-unsaturated/α-hetero) is 1. The Bertz CT molecular complexity index is 2210. The van der Waals surface area contributed by atoms with Crippen molar-refractivity contribution in [1.29, 1.82) is 0 Å². The van der Waals surface area contributed by atoms with Gasteiger partial charge in [-0.3, -0.25) is 19.3 Å². The zero-order chi connectivity index (χ0) is 38.8. The predicted octanol–water partition coefficient (Wildman–Crippen LogP) is 7.44. The van der Waals surface area contributed by atoms with Crippen LogP contribution in [0, 0.1) is 11.6 Å². The van der Waals surface area contributed by atoms with Crippen LogP contribution in [0.3, 0.4) is 0 Å². The minimum atomic E-state index is -4.47. The number of benzene rings is 3. The third-order valence-electron chi connectivity index (χ3n) is 10.3. The maximum absolute atomic E-state index is 14.6. The lowest BCUT2D eigenvalue weighted by Gasteiger charge is -2.41. The second-order valence-electron chi connectivity index (χ2n) is 14.1. The molecular formula is C41H39F5N4O4. The maximum atomic E-state index is 14.6. The number of fused-ring (bicyclic) bond motifs is 1. The number of carboxylic acid groups (broad SMARTS) is 1. The van der Waals surface area contributed by atoms with E-state index < -0.39 is 46.4 Å².